The standard InChI is InChI=1S/C21H29N5O3S2/c1-15-6-3-4-8-18(15)26-20(16-7-5-10-22-12-16)23-24-21(26)30-13-19(27)25(2)17-9-11-31(28,29)14-17/h5,7,10,12,15,17-18H,3-4,6,8-9,11,13-14H2,1-2H3/t15-,17-,18-/m1/s1. The van der Waals surface area contributed by atoms with Crippen molar-refractivity contribution >= 4 is 27.5 Å². The third-order valence-electron chi connectivity index (χ3n) is 6.46. The summed E-state index contributed by atoms with van der Waals surface area (Å²) >= 11 is 1.38. The van der Waals surface area contributed by atoms with Gasteiger partial charge in [-0.1, -0.05) is 31.5 Å². The first kappa shape index (κ1) is 22.3. The molecule has 168 valence electrons. The van der Waals surface area contributed by atoms with Crippen LogP contribution in [0, 0.1) is 5.92 Å². The van der Waals surface area contributed by atoms with Gasteiger partial charge in [0.15, 0.2) is 20.8 Å². The van der Waals surface area contributed by atoms with Crippen LogP contribution in [0.1, 0.15) is 45.1 Å². The summed E-state index contributed by atoms with van der Waals surface area (Å²) in [5, 5.41) is 9.63. The molecule has 2 fully saturated rings. The molecule has 31 heavy (non-hydrogen) atoms. The van der Waals surface area contributed by atoms with Crippen molar-refractivity contribution in [1.29, 1.82) is 0 Å². The summed E-state index contributed by atoms with van der Waals surface area (Å²) in [5.74, 6) is 1.63. The fraction of sp³-hybridized carbons (Fsp3) is 0.619. The second-order valence-electron chi connectivity index (χ2n) is 8.60. The Morgan fingerprint density at radius 2 is 2.06 bits per heavy atom. The van der Waals surface area contributed by atoms with E-state index in [1.54, 1.807) is 24.3 Å². The number of thioether (sulfide) groups is 1. The molecular weight excluding hydrogens is 434 g/mol. The summed E-state index contributed by atoms with van der Waals surface area (Å²) in [7, 11) is -1.33. The maximum absolute atomic E-state index is 12.8. The number of amides is 1. The van der Waals surface area contributed by atoms with Crippen LogP contribution in [0.5, 0.6) is 0 Å². The van der Waals surface area contributed by atoms with Gasteiger partial charge in [0.05, 0.1) is 17.3 Å². The molecule has 2 aromatic rings. The van der Waals surface area contributed by atoms with E-state index in [0.717, 1.165) is 29.4 Å². The molecule has 10 heteroatoms. The zero-order valence-corrected chi connectivity index (χ0v) is 19.6. The highest BCUT2D eigenvalue weighted by atomic mass is 32.2. The van der Waals surface area contributed by atoms with Crippen LogP contribution in [0.4, 0.5) is 0 Å². The molecule has 1 saturated carbocycles. The van der Waals surface area contributed by atoms with E-state index in [9.17, 15) is 13.2 Å². The predicted molar refractivity (Wildman–Crippen MR) is 120 cm³/mol. The smallest absolute Gasteiger partial charge is 0.233 e. The Labute approximate surface area is 187 Å². The van der Waals surface area contributed by atoms with E-state index in [0.29, 0.717) is 12.3 Å². The Kier molecular flexibility index (Phi) is 6.66. The van der Waals surface area contributed by atoms with Gasteiger partial charge in [-0.15, -0.1) is 10.2 Å². The number of hydrogen-bond donors (Lipinski definition) is 0. The zero-order chi connectivity index (χ0) is 22.0. The third-order valence-corrected chi connectivity index (χ3v) is 9.13. The van der Waals surface area contributed by atoms with Crippen molar-refractivity contribution in [1.82, 2.24) is 24.6 Å². The first-order valence-corrected chi connectivity index (χ1v) is 13.6. The number of carbonyl (C=O) groups is 1. The summed E-state index contributed by atoms with van der Waals surface area (Å²) in [6, 6.07) is 3.92. The molecule has 2 aliphatic rings. The fourth-order valence-electron chi connectivity index (χ4n) is 4.56. The van der Waals surface area contributed by atoms with Crippen molar-refractivity contribution in [3.05, 3.63) is 24.5 Å². The van der Waals surface area contributed by atoms with Gasteiger partial charge in [0.2, 0.25) is 5.91 Å². The minimum Gasteiger partial charge on any atom is -0.341 e. The normalized spacial score (nSPS) is 25.4. The summed E-state index contributed by atoms with van der Waals surface area (Å²) in [5.41, 5.74) is 0.916. The third kappa shape index (κ3) is 4.95. The molecule has 2 aromatic heterocycles. The average Bonchev–Trinajstić information content (AvgIpc) is 3.35. The van der Waals surface area contributed by atoms with E-state index in [1.807, 2.05) is 12.1 Å². The van der Waals surface area contributed by atoms with Crippen LogP contribution in [0.3, 0.4) is 0 Å². The van der Waals surface area contributed by atoms with Crippen LogP contribution in [0.15, 0.2) is 29.7 Å². The van der Waals surface area contributed by atoms with Gasteiger partial charge in [0.1, 0.15) is 0 Å². The lowest BCUT2D eigenvalue weighted by Crippen LogP contribution is -2.38. The SMILES string of the molecule is C[C@@H]1CCCC[C@H]1n1c(SCC(=O)N(C)[C@@H]2CCS(=O)(=O)C2)nnc1-c1cccnc1. The van der Waals surface area contributed by atoms with Gasteiger partial charge in [0, 0.05) is 37.1 Å². The molecule has 0 radical (unpaired) electrons. The number of sulfone groups is 1. The van der Waals surface area contributed by atoms with Crippen LogP contribution in [0.25, 0.3) is 11.4 Å². The highest BCUT2D eigenvalue weighted by Gasteiger charge is 2.33. The Morgan fingerprint density at radius 1 is 1.26 bits per heavy atom. The first-order valence-electron chi connectivity index (χ1n) is 10.8. The monoisotopic (exact) mass is 463 g/mol. The molecule has 3 heterocycles. The Morgan fingerprint density at radius 3 is 2.74 bits per heavy atom. The number of nitrogens with zero attached hydrogens (tertiary/aromatic N) is 5. The number of hydrogen-bond acceptors (Lipinski definition) is 7. The number of carbonyl (C=O) groups excluding carboxylic acids is 1. The molecule has 0 N–H and O–H groups in total. The van der Waals surface area contributed by atoms with E-state index >= 15 is 0 Å². The van der Waals surface area contributed by atoms with Gasteiger partial charge in [-0.25, -0.2) is 8.42 Å². The topological polar surface area (TPSA) is 98.1 Å². The number of aromatic nitrogens is 4. The molecule has 4 rings (SSSR count). The van der Waals surface area contributed by atoms with Crippen molar-refractivity contribution in [3.63, 3.8) is 0 Å². The quantitative estimate of drug-likeness (QED) is 0.608. The molecule has 1 aliphatic carbocycles. The molecule has 0 spiro atoms. The van der Waals surface area contributed by atoms with E-state index in [4.69, 9.17) is 0 Å². The van der Waals surface area contributed by atoms with Crippen molar-refractivity contribution in [3.8, 4) is 11.4 Å². The predicted octanol–water partition coefficient (Wildman–Crippen LogP) is 2.83. The van der Waals surface area contributed by atoms with Crippen molar-refractivity contribution < 1.29 is 13.2 Å². The van der Waals surface area contributed by atoms with Gasteiger partial charge in [-0.2, -0.15) is 0 Å². The second kappa shape index (κ2) is 9.28. The second-order valence-corrected chi connectivity index (χ2v) is 11.8. The molecule has 8 nitrogen and oxygen atoms in total. The highest BCUT2D eigenvalue weighted by Crippen LogP contribution is 2.39. The van der Waals surface area contributed by atoms with E-state index in [2.05, 4.69) is 26.7 Å². The molecular formula is C21H29N5O3S2. The molecule has 3 atom stereocenters. The Hall–Kier alpha value is -1.94. The molecule has 1 amide bonds. The Balaban J connectivity index is 1.54. The summed E-state index contributed by atoms with van der Waals surface area (Å²) in [6.07, 6.45) is 8.67. The van der Waals surface area contributed by atoms with Crippen LogP contribution in [-0.2, 0) is 14.6 Å². The minimum atomic E-state index is -3.03. The van der Waals surface area contributed by atoms with Crippen LogP contribution in [0.2, 0.25) is 0 Å². The average molecular weight is 464 g/mol. The maximum atomic E-state index is 12.8. The van der Waals surface area contributed by atoms with E-state index < -0.39 is 9.84 Å². The van der Waals surface area contributed by atoms with Crippen molar-refractivity contribution in [2.24, 2.45) is 5.92 Å². The lowest BCUT2D eigenvalue weighted by Gasteiger charge is -2.31. The fourth-order valence-corrected chi connectivity index (χ4v) is 7.25. The highest BCUT2D eigenvalue weighted by molar-refractivity contribution is 7.99. The van der Waals surface area contributed by atoms with Crippen LogP contribution in [-0.4, -0.2) is 69.3 Å². The molecule has 1 aliphatic heterocycles. The van der Waals surface area contributed by atoms with Gasteiger partial charge >= 0.3 is 0 Å². The maximum Gasteiger partial charge on any atom is 0.233 e. The van der Waals surface area contributed by atoms with Gasteiger partial charge < -0.3 is 4.90 Å². The van der Waals surface area contributed by atoms with Gasteiger partial charge in [-0.05, 0) is 37.3 Å². The molecule has 0 unspecified atom stereocenters. The van der Waals surface area contributed by atoms with Crippen LogP contribution < -0.4 is 0 Å². The summed E-state index contributed by atoms with van der Waals surface area (Å²) in [4.78, 5) is 18.6. The lowest BCUT2D eigenvalue weighted by atomic mass is 9.85. The Bertz CT molecular complexity index is 1020. The van der Waals surface area contributed by atoms with Gasteiger partial charge in [-0.3, -0.25) is 14.3 Å². The van der Waals surface area contributed by atoms with E-state index in [-0.39, 0.29) is 35.2 Å². The number of rotatable bonds is 6. The lowest BCUT2D eigenvalue weighted by molar-refractivity contribution is -0.128. The summed E-state index contributed by atoms with van der Waals surface area (Å²) in [6.45, 7) is 2.27. The minimum absolute atomic E-state index is 0.0564. The number of pyridine rings is 1. The summed E-state index contributed by atoms with van der Waals surface area (Å²) < 4.78 is 25.7. The van der Waals surface area contributed by atoms with Crippen LogP contribution >= 0.6 is 11.8 Å². The largest absolute Gasteiger partial charge is 0.341 e. The zero-order valence-electron chi connectivity index (χ0n) is 18.0. The molecule has 0 bridgehead atoms. The molecule has 0 aromatic carbocycles. The molecule has 1 saturated heterocycles. The first-order chi connectivity index (χ1) is 14.9. The van der Waals surface area contributed by atoms with Crippen molar-refractivity contribution in [2.75, 3.05) is 24.3 Å². The van der Waals surface area contributed by atoms with Gasteiger partial charge in [0.25, 0.3) is 0 Å². The van der Waals surface area contributed by atoms with E-state index in [1.165, 1.54) is 24.6 Å². The van der Waals surface area contributed by atoms with Crippen molar-refractivity contribution in [2.45, 2.75) is 56.3 Å².